The molecular weight excluding hydrogens is 216 g/mol. The van der Waals surface area contributed by atoms with Gasteiger partial charge in [-0.3, -0.25) is 4.79 Å². The zero-order valence-corrected chi connectivity index (χ0v) is 11.3. The second kappa shape index (κ2) is 7.67. The van der Waals surface area contributed by atoms with E-state index in [4.69, 9.17) is 4.74 Å². The molecule has 4 nitrogen and oxygen atoms in total. The lowest BCUT2D eigenvalue weighted by Crippen LogP contribution is -2.40. The molecule has 0 bridgehead atoms. The third-order valence-corrected chi connectivity index (χ3v) is 3.22. The highest BCUT2D eigenvalue weighted by Crippen LogP contribution is 2.09. The van der Waals surface area contributed by atoms with Crippen molar-refractivity contribution in [3.63, 3.8) is 0 Å². The van der Waals surface area contributed by atoms with E-state index in [1.54, 1.807) is 0 Å². The molecule has 1 heterocycles. The van der Waals surface area contributed by atoms with E-state index in [2.05, 4.69) is 17.6 Å². The third kappa shape index (κ3) is 5.50. The molecule has 0 aromatic carbocycles. The van der Waals surface area contributed by atoms with Crippen LogP contribution >= 0.6 is 0 Å². The second-order valence-corrected chi connectivity index (χ2v) is 5.03. The highest BCUT2D eigenvalue weighted by Gasteiger charge is 2.19. The maximum Gasteiger partial charge on any atom is 0.249 e. The van der Waals surface area contributed by atoms with Crippen LogP contribution in [0.15, 0.2) is 0 Å². The van der Waals surface area contributed by atoms with E-state index >= 15 is 0 Å². The first-order valence-corrected chi connectivity index (χ1v) is 6.76. The van der Waals surface area contributed by atoms with Gasteiger partial charge in [0, 0.05) is 12.6 Å². The van der Waals surface area contributed by atoms with Gasteiger partial charge in [0.2, 0.25) is 5.91 Å². The molecule has 4 heteroatoms. The van der Waals surface area contributed by atoms with Crippen molar-refractivity contribution in [2.45, 2.75) is 52.2 Å². The normalized spacial score (nSPS) is 23.4. The van der Waals surface area contributed by atoms with Crippen molar-refractivity contribution in [2.75, 3.05) is 19.7 Å². The van der Waals surface area contributed by atoms with Crippen LogP contribution < -0.4 is 10.6 Å². The van der Waals surface area contributed by atoms with Crippen LogP contribution in [0.1, 0.15) is 40.0 Å². The minimum absolute atomic E-state index is 0.0110. The predicted octanol–water partition coefficient (Wildman–Crippen LogP) is 1.31. The SMILES string of the molecule is CCCC(C)NC(=O)C(C)OCC1CCNC1. The van der Waals surface area contributed by atoms with Crippen LogP contribution in [0.5, 0.6) is 0 Å². The van der Waals surface area contributed by atoms with Gasteiger partial charge < -0.3 is 15.4 Å². The molecule has 17 heavy (non-hydrogen) atoms. The summed E-state index contributed by atoms with van der Waals surface area (Å²) in [6.45, 7) is 8.76. The molecular formula is C13H26N2O2. The van der Waals surface area contributed by atoms with Crippen molar-refractivity contribution in [1.29, 1.82) is 0 Å². The maximum atomic E-state index is 11.8. The molecule has 3 atom stereocenters. The summed E-state index contributed by atoms with van der Waals surface area (Å²) in [5.74, 6) is 0.579. The fraction of sp³-hybridized carbons (Fsp3) is 0.923. The van der Waals surface area contributed by atoms with Crippen LogP contribution in [0.25, 0.3) is 0 Å². The highest BCUT2D eigenvalue weighted by molar-refractivity contribution is 5.80. The molecule has 0 aliphatic carbocycles. The summed E-state index contributed by atoms with van der Waals surface area (Å²) in [6, 6.07) is 0.242. The monoisotopic (exact) mass is 242 g/mol. The number of ether oxygens (including phenoxy) is 1. The Kier molecular flexibility index (Phi) is 6.52. The molecule has 0 saturated carbocycles. The molecule has 0 aromatic rings. The van der Waals surface area contributed by atoms with Gasteiger partial charge in [-0.05, 0) is 39.2 Å². The largest absolute Gasteiger partial charge is 0.368 e. The lowest BCUT2D eigenvalue weighted by atomic mass is 10.1. The Bertz CT molecular complexity index is 227. The third-order valence-electron chi connectivity index (χ3n) is 3.22. The Labute approximate surface area is 104 Å². The summed E-state index contributed by atoms with van der Waals surface area (Å²) < 4.78 is 5.61. The van der Waals surface area contributed by atoms with E-state index < -0.39 is 0 Å². The van der Waals surface area contributed by atoms with Crippen LogP contribution in [0.3, 0.4) is 0 Å². The van der Waals surface area contributed by atoms with Crippen molar-refractivity contribution < 1.29 is 9.53 Å². The molecule has 100 valence electrons. The average Bonchev–Trinajstić information content (AvgIpc) is 2.78. The van der Waals surface area contributed by atoms with Gasteiger partial charge in [-0.2, -0.15) is 0 Å². The van der Waals surface area contributed by atoms with Crippen molar-refractivity contribution in [3.8, 4) is 0 Å². The Morgan fingerprint density at radius 1 is 1.53 bits per heavy atom. The van der Waals surface area contributed by atoms with Gasteiger partial charge in [0.1, 0.15) is 6.10 Å². The van der Waals surface area contributed by atoms with E-state index in [0.29, 0.717) is 12.5 Å². The lowest BCUT2D eigenvalue weighted by molar-refractivity contribution is -0.133. The Balaban J connectivity index is 2.16. The summed E-state index contributed by atoms with van der Waals surface area (Å²) in [6.07, 6.45) is 2.92. The number of hydrogen-bond donors (Lipinski definition) is 2. The van der Waals surface area contributed by atoms with Gasteiger partial charge in [-0.15, -0.1) is 0 Å². The number of carbonyl (C=O) groups excluding carboxylic acids is 1. The standard InChI is InChI=1S/C13H26N2O2/c1-4-5-10(2)15-13(16)11(3)17-9-12-6-7-14-8-12/h10-12,14H,4-9H2,1-3H3,(H,15,16). The first-order chi connectivity index (χ1) is 8.13. The van der Waals surface area contributed by atoms with Gasteiger partial charge in [0.05, 0.1) is 6.61 Å². The quantitative estimate of drug-likeness (QED) is 0.707. The zero-order valence-electron chi connectivity index (χ0n) is 11.3. The topological polar surface area (TPSA) is 50.4 Å². The molecule has 0 spiro atoms. The van der Waals surface area contributed by atoms with Crippen LogP contribution in [0.4, 0.5) is 0 Å². The van der Waals surface area contributed by atoms with Crippen molar-refractivity contribution >= 4 is 5.91 Å². The van der Waals surface area contributed by atoms with E-state index in [9.17, 15) is 4.79 Å². The number of amides is 1. The van der Waals surface area contributed by atoms with Crippen LogP contribution in [-0.4, -0.2) is 37.7 Å². The summed E-state index contributed by atoms with van der Waals surface area (Å²) in [4.78, 5) is 11.8. The minimum Gasteiger partial charge on any atom is -0.368 e. The van der Waals surface area contributed by atoms with Crippen LogP contribution in [0.2, 0.25) is 0 Å². The van der Waals surface area contributed by atoms with E-state index in [0.717, 1.165) is 32.4 Å². The second-order valence-electron chi connectivity index (χ2n) is 5.03. The van der Waals surface area contributed by atoms with Gasteiger partial charge in [0.15, 0.2) is 0 Å². The molecule has 0 aromatic heterocycles. The van der Waals surface area contributed by atoms with Crippen molar-refractivity contribution in [1.82, 2.24) is 10.6 Å². The van der Waals surface area contributed by atoms with E-state index in [-0.39, 0.29) is 18.1 Å². The molecule has 1 amide bonds. The Hall–Kier alpha value is -0.610. The maximum absolute atomic E-state index is 11.8. The van der Waals surface area contributed by atoms with Gasteiger partial charge in [-0.1, -0.05) is 13.3 Å². The molecule has 1 saturated heterocycles. The number of rotatable bonds is 7. The summed E-state index contributed by atoms with van der Waals surface area (Å²) in [5, 5.41) is 6.27. The van der Waals surface area contributed by atoms with Crippen molar-refractivity contribution in [3.05, 3.63) is 0 Å². The number of hydrogen-bond acceptors (Lipinski definition) is 3. The smallest absolute Gasteiger partial charge is 0.249 e. The van der Waals surface area contributed by atoms with Crippen LogP contribution in [-0.2, 0) is 9.53 Å². The predicted molar refractivity (Wildman–Crippen MR) is 68.9 cm³/mol. The van der Waals surface area contributed by atoms with E-state index in [1.807, 2.05) is 13.8 Å². The first kappa shape index (κ1) is 14.5. The molecule has 1 aliphatic rings. The lowest BCUT2D eigenvalue weighted by Gasteiger charge is -2.19. The van der Waals surface area contributed by atoms with Gasteiger partial charge >= 0.3 is 0 Å². The molecule has 3 unspecified atom stereocenters. The Morgan fingerprint density at radius 3 is 2.88 bits per heavy atom. The molecule has 1 aliphatic heterocycles. The Morgan fingerprint density at radius 2 is 2.29 bits per heavy atom. The average molecular weight is 242 g/mol. The van der Waals surface area contributed by atoms with E-state index in [1.165, 1.54) is 0 Å². The number of nitrogens with one attached hydrogen (secondary N) is 2. The molecule has 1 fully saturated rings. The summed E-state index contributed by atoms with van der Waals surface area (Å²) in [5.41, 5.74) is 0. The number of carbonyl (C=O) groups is 1. The molecule has 2 N–H and O–H groups in total. The summed E-state index contributed by atoms with van der Waals surface area (Å²) in [7, 11) is 0. The van der Waals surface area contributed by atoms with Gasteiger partial charge in [-0.25, -0.2) is 0 Å². The fourth-order valence-corrected chi connectivity index (χ4v) is 2.08. The molecule has 1 rings (SSSR count). The summed E-state index contributed by atoms with van der Waals surface area (Å²) >= 11 is 0. The van der Waals surface area contributed by atoms with Crippen molar-refractivity contribution in [2.24, 2.45) is 5.92 Å². The highest BCUT2D eigenvalue weighted by atomic mass is 16.5. The van der Waals surface area contributed by atoms with Gasteiger partial charge in [0.25, 0.3) is 0 Å². The van der Waals surface area contributed by atoms with Crippen LogP contribution in [0, 0.1) is 5.92 Å². The zero-order chi connectivity index (χ0) is 12.7. The molecule has 0 radical (unpaired) electrons. The minimum atomic E-state index is -0.338. The first-order valence-electron chi connectivity index (χ1n) is 6.76. The fourth-order valence-electron chi connectivity index (χ4n) is 2.08.